The van der Waals surface area contributed by atoms with Crippen LogP contribution in [-0.2, 0) is 10.0 Å². The van der Waals surface area contributed by atoms with Crippen LogP contribution in [0.5, 0.6) is 5.75 Å². The summed E-state index contributed by atoms with van der Waals surface area (Å²) in [6.07, 6.45) is 3.98. The third kappa shape index (κ3) is 3.19. The number of nitrogens with zero attached hydrogens (tertiary/aromatic N) is 1. The molecule has 0 spiro atoms. The summed E-state index contributed by atoms with van der Waals surface area (Å²) in [6, 6.07) is 3.28. The van der Waals surface area contributed by atoms with Crippen LogP contribution < -0.4 is 4.72 Å². The first kappa shape index (κ1) is 14.6. The van der Waals surface area contributed by atoms with E-state index >= 15 is 0 Å². The number of aromatic hydroxyl groups is 1. The molecule has 1 aromatic carbocycles. The number of phenols is 1. The van der Waals surface area contributed by atoms with Crippen LogP contribution in [0.1, 0.15) is 32.1 Å². The molecule has 2 N–H and O–H groups in total. The highest BCUT2D eigenvalue weighted by molar-refractivity contribution is 7.93. The van der Waals surface area contributed by atoms with Gasteiger partial charge in [-0.3, -0.25) is 14.8 Å². The summed E-state index contributed by atoms with van der Waals surface area (Å²) in [5, 5.41) is 19.8. The number of benzene rings is 1. The average molecular weight is 300 g/mol. The molecule has 0 amide bonds. The van der Waals surface area contributed by atoms with Crippen molar-refractivity contribution in [2.75, 3.05) is 4.72 Å². The van der Waals surface area contributed by atoms with Gasteiger partial charge in [-0.15, -0.1) is 0 Å². The van der Waals surface area contributed by atoms with Crippen LogP contribution in [0, 0.1) is 10.1 Å². The summed E-state index contributed by atoms with van der Waals surface area (Å²) in [7, 11) is -3.57. The summed E-state index contributed by atoms with van der Waals surface area (Å²) in [5.74, 6) is -0.446. The van der Waals surface area contributed by atoms with Crippen molar-refractivity contribution in [3.05, 3.63) is 28.3 Å². The smallest absolute Gasteiger partial charge is 0.273 e. The van der Waals surface area contributed by atoms with Crippen molar-refractivity contribution in [3.8, 4) is 5.75 Å². The zero-order valence-corrected chi connectivity index (χ0v) is 11.6. The number of hydrogen-bond donors (Lipinski definition) is 2. The van der Waals surface area contributed by atoms with Crippen LogP contribution in [0.2, 0.25) is 0 Å². The molecule has 0 atom stereocenters. The van der Waals surface area contributed by atoms with E-state index in [2.05, 4.69) is 4.72 Å². The van der Waals surface area contributed by atoms with E-state index in [1.54, 1.807) is 0 Å². The lowest BCUT2D eigenvalue weighted by Crippen LogP contribution is -2.29. The predicted molar refractivity (Wildman–Crippen MR) is 74.2 cm³/mol. The molecule has 8 heteroatoms. The van der Waals surface area contributed by atoms with Crippen LogP contribution >= 0.6 is 0 Å². The second-order valence-electron chi connectivity index (χ2n) is 4.87. The molecular weight excluding hydrogens is 284 g/mol. The third-order valence-corrected chi connectivity index (χ3v) is 5.29. The van der Waals surface area contributed by atoms with Crippen molar-refractivity contribution in [1.29, 1.82) is 0 Å². The van der Waals surface area contributed by atoms with Gasteiger partial charge in [0.1, 0.15) is 5.75 Å². The number of nitro benzene ring substituents is 1. The molecule has 0 heterocycles. The van der Waals surface area contributed by atoms with E-state index in [1.807, 2.05) is 0 Å². The minimum atomic E-state index is -3.57. The fourth-order valence-corrected chi connectivity index (χ4v) is 3.93. The van der Waals surface area contributed by atoms with Gasteiger partial charge in [-0.1, -0.05) is 19.3 Å². The number of phenolic OH excluding ortho intramolecular Hbond substituents is 1. The van der Waals surface area contributed by atoms with Crippen LogP contribution in [0.4, 0.5) is 11.4 Å². The van der Waals surface area contributed by atoms with E-state index < -0.39 is 25.9 Å². The van der Waals surface area contributed by atoms with Gasteiger partial charge in [-0.05, 0) is 18.9 Å². The summed E-state index contributed by atoms with van der Waals surface area (Å²) < 4.78 is 26.7. The van der Waals surface area contributed by atoms with Gasteiger partial charge < -0.3 is 5.11 Å². The molecule has 0 saturated heterocycles. The second kappa shape index (κ2) is 5.66. The third-order valence-electron chi connectivity index (χ3n) is 3.44. The molecule has 7 nitrogen and oxygen atoms in total. The average Bonchev–Trinajstić information content (AvgIpc) is 2.41. The number of sulfonamides is 1. The first-order valence-corrected chi connectivity index (χ1v) is 7.94. The number of anilines is 1. The largest absolute Gasteiger partial charge is 0.505 e. The maximum absolute atomic E-state index is 12.2. The molecular formula is C12H16N2O5S. The van der Waals surface area contributed by atoms with Crippen molar-refractivity contribution in [2.24, 2.45) is 0 Å². The monoisotopic (exact) mass is 300 g/mol. The van der Waals surface area contributed by atoms with E-state index in [0.29, 0.717) is 12.8 Å². The van der Waals surface area contributed by atoms with E-state index in [-0.39, 0.29) is 11.4 Å². The molecule has 1 aliphatic rings. The molecule has 1 aliphatic carbocycles. The molecule has 0 unspecified atom stereocenters. The Balaban J connectivity index is 2.18. The Morgan fingerprint density at radius 3 is 2.45 bits per heavy atom. The second-order valence-corrected chi connectivity index (χ2v) is 6.83. The van der Waals surface area contributed by atoms with Crippen LogP contribution in [-0.4, -0.2) is 23.7 Å². The maximum atomic E-state index is 12.2. The highest BCUT2D eigenvalue weighted by Gasteiger charge is 2.28. The van der Waals surface area contributed by atoms with E-state index in [0.717, 1.165) is 31.4 Å². The number of non-ortho nitro benzene ring substituents is 1. The lowest BCUT2D eigenvalue weighted by atomic mass is 10.0. The van der Waals surface area contributed by atoms with E-state index in [1.165, 1.54) is 6.07 Å². The maximum Gasteiger partial charge on any atom is 0.273 e. The summed E-state index contributed by atoms with van der Waals surface area (Å²) in [5.41, 5.74) is -0.315. The summed E-state index contributed by atoms with van der Waals surface area (Å²) in [6.45, 7) is 0. The number of hydrogen-bond acceptors (Lipinski definition) is 5. The first-order chi connectivity index (χ1) is 9.40. The molecule has 1 aromatic rings. The van der Waals surface area contributed by atoms with Gasteiger partial charge >= 0.3 is 0 Å². The highest BCUT2D eigenvalue weighted by Crippen LogP contribution is 2.31. The Kier molecular flexibility index (Phi) is 4.12. The van der Waals surface area contributed by atoms with E-state index in [9.17, 15) is 23.6 Å². The van der Waals surface area contributed by atoms with Gasteiger partial charge in [0, 0.05) is 6.07 Å². The van der Waals surface area contributed by atoms with Crippen LogP contribution in [0.25, 0.3) is 0 Å². The highest BCUT2D eigenvalue weighted by atomic mass is 32.2. The fourth-order valence-electron chi connectivity index (χ4n) is 2.33. The minimum Gasteiger partial charge on any atom is -0.505 e. The Morgan fingerprint density at radius 2 is 1.90 bits per heavy atom. The zero-order chi connectivity index (χ0) is 14.8. The predicted octanol–water partition coefficient (Wildman–Crippen LogP) is 2.37. The van der Waals surface area contributed by atoms with Gasteiger partial charge in [0.2, 0.25) is 10.0 Å². The number of nitro groups is 1. The molecule has 0 bridgehead atoms. The lowest BCUT2D eigenvalue weighted by molar-refractivity contribution is -0.384. The molecule has 0 radical (unpaired) electrons. The first-order valence-electron chi connectivity index (χ1n) is 6.39. The Bertz CT molecular complexity index is 608. The molecule has 1 saturated carbocycles. The van der Waals surface area contributed by atoms with E-state index in [4.69, 9.17) is 0 Å². The molecule has 2 rings (SSSR count). The quantitative estimate of drug-likeness (QED) is 0.504. The summed E-state index contributed by atoms with van der Waals surface area (Å²) >= 11 is 0. The van der Waals surface area contributed by atoms with Gasteiger partial charge in [-0.2, -0.15) is 0 Å². The molecule has 110 valence electrons. The topological polar surface area (TPSA) is 110 Å². The normalized spacial score (nSPS) is 16.8. The van der Waals surface area contributed by atoms with Gasteiger partial charge in [0.05, 0.1) is 21.9 Å². The fraction of sp³-hybridized carbons (Fsp3) is 0.500. The van der Waals surface area contributed by atoms with Crippen molar-refractivity contribution < 1.29 is 18.4 Å². The standard InChI is InChI=1S/C12H16N2O5S/c15-12-8-9(14(16)17)6-7-11(12)13-20(18,19)10-4-2-1-3-5-10/h6-8,10,13,15H,1-5H2. The Labute approximate surface area is 116 Å². The summed E-state index contributed by atoms with van der Waals surface area (Å²) in [4.78, 5) is 9.90. The Hall–Kier alpha value is -1.83. The molecule has 0 aromatic heterocycles. The van der Waals surface area contributed by atoms with Crippen LogP contribution in [0.15, 0.2) is 18.2 Å². The molecule has 1 fully saturated rings. The van der Waals surface area contributed by atoms with Gasteiger partial charge in [0.15, 0.2) is 0 Å². The van der Waals surface area contributed by atoms with Gasteiger partial charge in [-0.25, -0.2) is 8.42 Å². The van der Waals surface area contributed by atoms with Crippen molar-refractivity contribution in [2.45, 2.75) is 37.4 Å². The lowest BCUT2D eigenvalue weighted by Gasteiger charge is -2.22. The van der Waals surface area contributed by atoms with Crippen molar-refractivity contribution in [1.82, 2.24) is 0 Å². The van der Waals surface area contributed by atoms with Gasteiger partial charge in [0.25, 0.3) is 5.69 Å². The molecule has 0 aliphatic heterocycles. The van der Waals surface area contributed by atoms with Crippen molar-refractivity contribution >= 4 is 21.4 Å². The minimum absolute atomic E-state index is 0.0267. The Morgan fingerprint density at radius 1 is 1.25 bits per heavy atom. The number of nitrogens with one attached hydrogen (secondary N) is 1. The molecule has 20 heavy (non-hydrogen) atoms. The van der Waals surface area contributed by atoms with Crippen LogP contribution in [0.3, 0.4) is 0 Å². The zero-order valence-electron chi connectivity index (χ0n) is 10.8. The number of rotatable bonds is 4. The SMILES string of the molecule is O=[N+]([O-])c1ccc(NS(=O)(=O)C2CCCCC2)c(O)c1. The van der Waals surface area contributed by atoms with Crippen molar-refractivity contribution in [3.63, 3.8) is 0 Å².